The predicted molar refractivity (Wildman–Crippen MR) is 80.1 cm³/mol. The number of pyridine rings is 1. The summed E-state index contributed by atoms with van der Waals surface area (Å²) in [6, 6.07) is 1.37. The molecule has 0 radical (unpaired) electrons. The number of aromatic nitrogens is 1. The lowest BCUT2D eigenvalue weighted by atomic mass is 9.94. The molecule has 1 fully saturated rings. The Labute approximate surface area is 125 Å². The minimum absolute atomic E-state index is 0.116. The average molecular weight is 318 g/mol. The summed E-state index contributed by atoms with van der Waals surface area (Å²) in [7, 11) is -3.51. The van der Waals surface area contributed by atoms with Crippen molar-refractivity contribution < 1.29 is 8.42 Å². The molecule has 0 atom stereocenters. The van der Waals surface area contributed by atoms with Crippen LogP contribution in [0, 0.1) is 5.92 Å². The molecule has 0 aromatic carbocycles. The molecule has 0 spiro atoms. The van der Waals surface area contributed by atoms with Gasteiger partial charge in [-0.05, 0) is 24.8 Å². The maximum absolute atomic E-state index is 12.5. The van der Waals surface area contributed by atoms with Crippen molar-refractivity contribution in [3.63, 3.8) is 0 Å². The lowest BCUT2D eigenvalue weighted by molar-refractivity contribution is 0.262. The van der Waals surface area contributed by atoms with Crippen LogP contribution in [0.3, 0.4) is 0 Å². The minimum Gasteiger partial charge on any atom is -0.382 e. The normalized spacial score (nSPS) is 18.3. The number of nitrogens with two attached hydrogens (primary N) is 1. The molecule has 2 N–H and O–H groups in total. The molecule has 0 saturated carbocycles. The molecule has 20 heavy (non-hydrogen) atoms. The number of halogens is 1. The van der Waals surface area contributed by atoms with Crippen LogP contribution in [-0.4, -0.2) is 30.8 Å². The van der Waals surface area contributed by atoms with E-state index in [2.05, 4.69) is 11.9 Å². The first-order chi connectivity index (χ1) is 9.45. The summed E-state index contributed by atoms with van der Waals surface area (Å²) in [6.07, 6.45) is 5.43. The second kappa shape index (κ2) is 6.28. The maximum Gasteiger partial charge on any atom is 0.244 e. The van der Waals surface area contributed by atoms with Gasteiger partial charge in [0.05, 0.1) is 5.02 Å². The van der Waals surface area contributed by atoms with Gasteiger partial charge in [0.1, 0.15) is 10.7 Å². The molecule has 5 nitrogen and oxygen atoms in total. The minimum atomic E-state index is -3.51. The summed E-state index contributed by atoms with van der Waals surface area (Å²) < 4.78 is 26.5. The van der Waals surface area contributed by atoms with Gasteiger partial charge in [-0.2, -0.15) is 4.31 Å². The summed E-state index contributed by atoms with van der Waals surface area (Å²) in [5, 5.41) is 0.173. The summed E-state index contributed by atoms with van der Waals surface area (Å²) in [6.45, 7) is 3.29. The van der Waals surface area contributed by atoms with Gasteiger partial charge in [0.2, 0.25) is 10.0 Å². The van der Waals surface area contributed by atoms with Crippen molar-refractivity contribution in [2.45, 2.75) is 37.5 Å². The molecule has 0 unspecified atom stereocenters. The van der Waals surface area contributed by atoms with Crippen LogP contribution in [0.15, 0.2) is 17.2 Å². The van der Waals surface area contributed by atoms with Crippen molar-refractivity contribution in [1.29, 1.82) is 0 Å². The molecule has 1 aromatic heterocycles. The van der Waals surface area contributed by atoms with Crippen molar-refractivity contribution in [2.75, 3.05) is 18.8 Å². The Bertz CT molecular complexity index is 569. The molecule has 0 amide bonds. The third kappa shape index (κ3) is 3.24. The molecule has 0 aliphatic carbocycles. The Morgan fingerprint density at radius 3 is 2.65 bits per heavy atom. The molecule has 1 aliphatic heterocycles. The number of anilines is 1. The average Bonchev–Trinajstić information content (AvgIpc) is 2.43. The van der Waals surface area contributed by atoms with Gasteiger partial charge in [-0.15, -0.1) is 0 Å². The van der Waals surface area contributed by atoms with E-state index in [1.807, 2.05) is 0 Å². The van der Waals surface area contributed by atoms with Crippen LogP contribution < -0.4 is 5.73 Å². The Morgan fingerprint density at radius 1 is 1.45 bits per heavy atom. The lowest BCUT2D eigenvalue weighted by Gasteiger charge is -2.31. The van der Waals surface area contributed by atoms with Crippen molar-refractivity contribution in [3.8, 4) is 0 Å². The molecule has 7 heteroatoms. The number of sulfonamides is 1. The fourth-order valence-corrected chi connectivity index (χ4v) is 4.24. The van der Waals surface area contributed by atoms with Crippen LogP contribution in [0.5, 0.6) is 0 Å². The second-order valence-corrected chi connectivity index (χ2v) is 7.52. The standard InChI is InChI=1S/C13H20ClN3O2S/c1-2-3-10-4-6-17(7-5-10)20(18,19)11-8-12(14)13(15)16-9-11/h8-10H,2-7H2,1H3,(H2,15,16). The van der Waals surface area contributed by atoms with Gasteiger partial charge in [-0.25, -0.2) is 13.4 Å². The molecule has 2 rings (SSSR count). The number of nitrogen functional groups attached to an aromatic ring is 1. The quantitative estimate of drug-likeness (QED) is 0.925. The fourth-order valence-electron chi connectivity index (χ4n) is 2.57. The molecule has 1 aliphatic rings. The predicted octanol–water partition coefficient (Wildman–Crippen LogP) is 2.52. The number of hydrogen-bond acceptors (Lipinski definition) is 4. The first kappa shape index (κ1) is 15.5. The number of hydrogen-bond donors (Lipinski definition) is 1. The Balaban J connectivity index is 2.13. The van der Waals surface area contributed by atoms with Crippen LogP contribution in [-0.2, 0) is 10.0 Å². The molecule has 1 aromatic rings. The van der Waals surface area contributed by atoms with E-state index in [-0.39, 0.29) is 15.7 Å². The highest BCUT2D eigenvalue weighted by Crippen LogP contribution is 2.27. The van der Waals surface area contributed by atoms with Gasteiger partial charge >= 0.3 is 0 Å². The van der Waals surface area contributed by atoms with Gasteiger partial charge in [-0.3, -0.25) is 0 Å². The zero-order chi connectivity index (χ0) is 14.8. The van der Waals surface area contributed by atoms with E-state index in [0.717, 1.165) is 19.3 Å². The van der Waals surface area contributed by atoms with Crippen LogP contribution in [0.25, 0.3) is 0 Å². The third-order valence-corrected chi connectivity index (χ3v) is 5.92. The topological polar surface area (TPSA) is 76.3 Å². The van der Waals surface area contributed by atoms with Crippen LogP contribution >= 0.6 is 11.6 Å². The Hall–Kier alpha value is -0.850. The van der Waals surface area contributed by atoms with E-state index in [0.29, 0.717) is 19.0 Å². The first-order valence-corrected chi connectivity index (χ1v) is 8.68. The van der Waals surface area contributed by atoms with Crippen molar-refractivity contribution >= 4 is 27.4 Å². The SMILES string of the molecule is CCCC1CCN(S(=O)(=O)c2cnc(N)c(Cl)c2)CC1. The van der Waals surface area contributed by atoms with Crippen molar-refractivity contribution in [3.05, 3.63) is 17.3 Å². The first-order valence-electron chi connectivity index (χ1n) is 6.86. The number of piperidine rings is 1. The summed E-state index contributed by atoms with van der Waals surface area (Å²) >= 11 is 5.85. The highest BCUT2D eigenvalue weighted by Gasteiger charge is 2.29. The highest BCUT2D eigenvalue weighted by atomic mass is 35.5. The van der Waals surface area contributed by atoms with Gasteiger partial charge in [-0.1, -0.05) is 31.4 Å². The van der Waals surface area contributed by atoms with E-state index in [9.17, 15) is 8.42 Å². The molecule has 112 valence electrons. The van der Waals surface area contributed by atoms with Gasteiger partial charge in [0, 0.05) is 19.3 Å². The van der Waals surface area contributed by atoms with E-state index in [1.54, 1.807) is 0 Å². The number of rotatable bonds is 4. The zero-order valence-electron chi connectivity index (χ0n) is 11.5. The molecular weight excluding hydrogens is 298 g/mol. The number of nitrogens with zero attached hydrogens (tertiary/aromatic N) is 2. The smallest absolute Gasteiger partial charge is 0.244 e. The lowest BCUT2D eigenvalue weighted by Crippen LogP contribution is -2.38. The molecule has 2 heterocycles. The largest absolute Gasteiger partial charge is 0.382 e. The van der Waals surface area contributed by atoms with Crippen molar-refractivity contribution in [1.82, 2.24) is 9.29 Å². The Kier molecular flexibility index (Phi) is 4.88. The monoisotopic (exact) mass is 317 g/mol. The van der Waals surface area contributed by atoms with Crippen molar-refractivity contribution in [2.24, 2.45) is 5.92 Å². The summed E-state index contributed by atoms with van der Waals surface area (Å²) in [4.78, 5) is 3.94. The molecule has 1 saturated heterocycles. The summed E-state index contributed by atoms with van der Waals surface area (Å²) in [5.41, 5.74) is 5.51. The molecular formula is C13H20ClN3O2S. The van der Waals surface area contributed by atoms with Gasteiger partial charge < -0.3 is 5.73 Å². The van der Waals surface area contributed by atoms with Gasteiger partial charge in [0.25, 0.3) is 0 Å². The highest BCUT2D eigenvalue weighted by molar-refractivity contribution is 7.89. The maximum atomic E-state index is 12.5. The Morgan fingerprint density at radius 2 is 2.10 bits per heavy atom. The van der Waals surface area contributed by atoms with E-state index in [4.69, 9.17) is 17.3 Å². The second-order valence-electron chi connectivity index (χ2n) is 5.17. The van der Waals surface area contributed by atoms with E-state index < -0.39 is 10.0 Å². The van der Waals surface area contributed by atoms with Gasteiger partial charge in [0.15, 0.2) is 0 Å². The van der Waals surface area contributed by atoms with Crippen LogP contribution in [0.2, 0.25) is 5.02 Å². The molecule has 0 bridgehead atoms. The van der Waals surface area contributed by atoms with Crippen LogP contribution in [0.1, 0.15) is 32.6 Å². The fraction of sp³-hybridized carbons (Fsp3) is 0.615. The van der Waals surface area contributed by atoms with E-state index >= 15 is 0 Å². The van der Waals surface area contributed by atoms with E-state index in [1.165, 1.54) is 23.0 Å². The third-order valence-electron chi connectivity index (χ3n) is 3.75. The summed E-state index contributed by atoms with van der Waals surface area (Å²) in [5.74, 6) is 0.784. The zero-order valence-corrected chi connectivity index (χ0v) is 13.1. The van der Waals surface area contributed by atoms with Crippen LogP contribution in [0.4, 0.5) is 5.82 Å².